The molecule has 1 rings (SSSR count). The molecular weight excluding hydrogens is 252 g/mol. The number of thioether (sulfide) groups is 1. The first kappa shape index (κ1) is 15.0. The lowest BCUT2D eigenvalue weighted by atomic mass is 10.2. The zero-order chi connectivity index (χ0) is 13.5. The van der Waals surface area contributed by atoms with Crippen LogP contribution in [0.25, 0.3) is 0 Å². The van der Waals surface area contributed by atoms with E-state index in [1.165, 1.54) is 0 Å². The van der Waals surface area contributed by atoms with Gasteiger partial charge in [-0.2, -0.15) is 16.7 Å². The van der Waals surface area contributed by atoms with E-state index in [1.54, 1.807) is 18.8 Å². The fraction of sp³-hybridized carbons (Fsp3) is 0.727. The number of aromatic nitrogens is 2. The minimum atomic E-state index is 0.0305. The molecule has 1 atom stereocenters. The molecule has 0 fully saturated rings. The maximum absolute atomic E-state index is 11.3. The van der Waals surface area contributed by atoms with Crippen molar-refractivity contribution in [3.05, 3.63) is 11.7 Å². The summed E-state index contributed by atoms with van der Waals surface area (Å²) >= 11 is 1.65. The summed E-state index contributed by atoms with van der Waals surface area (Å²) in [7, 11) is 3.58. The summed E-state index contributed by atoms with van der Waals surface area (Å²) in [6.45, 7) is 2.55. The van der Waals surface area contributed by atoms with E-state index in [-0.39, 0.29) is 11.9 Å². The highest BCUT2D eigenvalue weighted by molar-refractivity contribution is 7.97. The van der Waals surface area contributed by atoms with Gasteiger partial charge < -0.3 is 9.84 Å². The lowest BCUT2D eigenvalue weighted by Gasteiger charge is -2.22. The summed E-state index contributed by atoms with van der Waals surface area (Å²) in [4.78, 5) is 17.6. The second kappa shape index (κ2) is 7.38. The number of carbonyl (C=O) groups excluding carboxylic acids is 1. The van der Waals surface area contributed by atoms with Gasteiger partial charge in [-0.25, -0.2) is 0 Å². The molecule has 0 bridgehead atoms. The molecule has 1 aromatic rings. The van der Waals surface area contributed by atoms with Crippen LogP contribution in [0.2, 0.25) is 0 Å². The molecule has 1 aromatic heterocycles. The molecule has 1 heterocycles. The summed E-state index contributed by atoms with van der Waals surface area (Å²) in [6.07, 6.45) is 2.45. The van der Waals surface area contributed by atoms with Crippen LogP contribution in [0.3, 0.4) is 0 Å². The smallest absolute Gasteiger partial charge is 0.240 e. The average molecular weight is 272 g/mol. The van der Waals surface area contributed by atoms with Gasteiger partial charge in [0.25, 0.3) is 0 Å². The topological polar surface area (TPSA) is 71.3 Å². The van der Waals surface area contributed by atoms with Crippen molar-refractivity contribution in [3.8, 4) is 0 Å². The standard InChI is InChI=1S/C11H20N4O2S/c1-8(5-10(16)12-2)15(3)6-11-13-9(7-18-4)14-17-11/h8H,5-7H2,1-4H3,(H,12,16). The van der Waals surface area contributed by atoms with Gasteiger partial charge in [0.1, 0.15) is 0 Å². The molecule has 0 saturated carbocycles. The van der Waals surface area contributed by atoms with Gasteiger partial charge in [0.2, 0.25) is 11.8 Å². The summed E-state index contributed by atoms with van der Waals surface area (Å²) in [5, 5.41) is 6.50. The molecule has 1 N–H and O–H groups in total. The SMILES string of the molecule is CNC(=O)CC(C)N(C)Cc1nc(CSC)no1. The predicted octanol–water partition coefficient (Wildman–Crippen LogP) is 0.889. The third-order valence-corrected chi connectivity index (χ3v) is 3.23. The van der Waals surface area contributed by atoms with Crippen molar-refractivity contribution < 1.29 is 9.32 Å². The van der Waals surface area contributed by atoms with Crippen molar-refractivity contribution in [1.29, 1.82) is 0 Å². The number of rotatable bonds is 7. The first-order valence-electron chi connectivity index (χ1n) is 5.78. The first-order valence-corrected chi connectivity index (χ1v) is 7.17. The molecule has 7 heteroatoms. The van der Waals surface area contributed by atoms with E-state index in [2.05, 4.69) is 15.5 Å². The highest BCUT2D eigenvalue weighted by Gasteiger charge is 2.16. The van der Waals surface area contributed by atoms with E-state index in [0.717, 1.165) is 5.75 Å². The zero-order valence-corrected chi connectivity index (χ0v) is 12.1. The molecule has 0 aliphatic rings. The summed E-state index contributed by atoms with van der Waals surface area (Å²) < 4.78 is 5.15. The molecule has 102 valence electrons. The van der Waals surface area contributed by atoms with Gasteiger partial charge in [-0.15, -0.1) is 0 Å². The maximum atomic E-state index is 11.3. The Hall–Kier alpha value is -1.08. The van der Waals surface area contributed by atoms with Gasteiger partial charge in [0.15, 0.2) is 5.82 Å². The minimum Gasteiger partial charge on any atom is -0.359 e. The van der Waals surface area contributed by atoms with Crippen LogP contribution in [0.4, 0.5) is 0 Å². The van der Waals surface area contributed by atoms with Crippen LogP contribution in [-0.4, -0.2) is 47.3 Å². The molecule has 6 nitrogen and oxygen atoms in total. The molecule has 18 heavy (non-hydrogen) atoms. The zero-order valence-electron chi connectivity index (χ0n) is 11.3. The van der Waals surface area contributed by atoms with Crippen LogP contribution in [0.1, 0.15) is 25.1 Å². The normalized spacial score (nSPS) is 12.7. The Bertz CT molecular complexity index is 383. The van der Waals surface area contributed by atoms with Crippen molar-refractivity contribution in [2.24, 2.45) is 0 Å². The molecule has 0 spiro atoms. The third kappa shape index (κ3) is 4.66. The number of hydrogen-bond donors (Lipinski definition) is 1. The third-order valence-electron chi connectivity index (χ3n) is 2.68. The van der Waals surface area contributed by atoms with Gasteiger partial charge in [-0.1, -0.05) is 5.16 Å². The second-order valence-electron chi connectivity index (χ2n) is 4.18. The molecule has 0 aliphatic heterocycles. The highest BCUT2D eigenvalue weighted by atomic mass is 32.2. The van der Waals surface area contributed by atoms with Gasteiger partial charge in [0.05, 0.1) is 12.3 Å². The molecule has 1 amide bonds. The van der Waals surface area contributed by atoms with Crippen LogP contribution in [0, 0.1) is 0 Å². The quantitative estimate of drug-likeness (QED) is 0.795. The number of nitrogens with one attached hydrogen (secondary N) is 1. The number of nitrogens with zero attached hydrogens (tertiary/aromatic N) is 3. The largest absolute Gasteiger partial charge is 0.359 e. The number of amides is 1. The lowest BCUT2D eigenvalue weighted by Crippen LogP contribution is -2.33. The van der Waals surface area contributed by atoms with Gasteiger partial charge in [-0.3, -0.25) is 9.69 Å². The van der Waals surface area contributed by atoms with Crippen LogP contribution < -0.4 is 5.32 Å². The van der Waals surface area contributed by atoms with E-state index in [0.29, 0.717) is 24.7 Å². The van der Waals surface area contributed by atoms with E-state index in [1.807, 2.05) is 25.1 Å². The predicted molar refractivity (Wildman–Crippen MR) is 71.1 cm³/mol. The van der Waals surface area contributed by atoms with Crippen LogP contribution >= 0.6 is 11.8 Å². The fourth-order valence-electron chi connectivity index (χ4n) is 1.44. The van der Waals surface area contributed by atoms with Crippen LogP contribution in [-0.2, 0) is 17.1 Å². The summed E-state index contributed by atoms with van der Waals surface area (Å²) in [5.74, 6) is 2.08. The Morgan fingerprint density at radius 1 is 1.61 bits per heavy atom. The molecule has 0 aromatic carbocycles. The molecule has 1 unspecified atom stereocenters. The minimum absolute atomic E-state index is 0.0305. The molecule has 0 aliphatic carbocycles. The Kier molecular flexibility index (Phi) is 6.14. The number of carbonyl (C=O) groups is 1. The van der Waals surface area contributed by atoms with Gasteiger partial charge in [-0.05, 0) is 20.2 Å². The van der Waals surface area contributed by atoms with E-state index in [4.69, 9.17) is 4.52 Å². The Morgan fingerprint density at radius 2 is 2.33 bits per heavy atom. The highest BCUT2D eigenvalue weighted by Crippen LogP contribution is 2.09. The van der Waals surface area contributed by atoms with Crippen LogP contribution in [0.5, 0.6) is 0 Å². The Balaban J connectivity index is 2.47. The number of hydrogen-bond acceptors (Lipinski definition) is 6. The van der Waals surface area contributed by atoms with Crippen molar-refractivity contribution in [2.45, 2.75) is 31.7 Å². The molecule has 0 saturated heterocycles. The first-order chi connectivity index (χ1) is 8.56. The summed E-state index contributed by atoms with van der Waals surface area (Å²) in [6, 6.07) is 0.126. The van der Waals surface area contributed by atoms with E-state index in [9.17, 15) is 4.79 Å². The van der Waals surface area contributed by atoms with Crippen molar-refractivity contribution in [3.63, 3.8) is 0 Å². The van der Waals surface area contributed by atoms with Crippen LogP contribution in [0.15, 0.2) is 4.52 Å². The van der Waals surface area contributed by atoms with Crippen molar-refractivity contribution >= 4 is 17.7 Å². The maximum Gasteiger partial charge on any atom is 0.240 e. The van der Waals surface area contributed by atoms with Gasteiger partial charge in [0, 0.05) is 19.5 Å². The summed E-state index contributed by atoms with van der Waals surface area (Å²) in [5.41, 5.74) is 0. The lowest BCUT2D eigenvalue weighted by molar-refractivity contribution is -0.121. The van der Waals surface area contributed by atoms with Crippen molar-refractivity contribution in [1.82, 2.24) is 20.4 Å². The van der Waals surface area contributed by atoms with Gasteiger partial charge >= 0.3 is 0 Å². The second-order valence-corrected chi connectivity index (χ2v) is 5.04. The Morgan fingerprint density at radius 3 is 2.94 bits per heavy atom. The average Bonchev–Trinajstić information content (AvgIpc) is 2.76. The monoisotopic (exact) mass is 272 g/mol. The van der Waals surface area contributed by atoms with E-state index >= 15 is 0 Å². The molecule has 0 radical (unpaired) electrons. The Labute approximate surface area is 111 Å². The van der Waals surface area contributed by atoms with E-state index < -0.39 is 0 Å². The molecular formula is C11H20N4O2S. The fourth-order valence-corrected chi connectivity index (χ4v) is 1.81. The van der Waals surface area contributed by atoms with Crippen molar-refractivity contribution in [2.75, 3.05) is 20.4 Å².